The molecule has 0 saturated heterocycles. The zero-order chi connectivity index (χ0) is 30.3. The number of ether oxygens (including phenoxy) is 2. The number of nitrogens with one attached hydrogen (secondary N) is 1. The van der Waals surface area contributed by atoms with E-state index < -0.39 is 28.5 Å². The number of hydrogen-bond acceptors (Lipinski definition) is 6. The van der Waals surface area contributed by atoms with Gasteiger partial charge in [-0.05, 0) is 61.7 Å². The molecule has 3 aromatic carbocycles. The minimum absolute atomic E-state index is 0.0269. The molecule has 2 amide bonds. The highest BCUT2D eigenvalue weighted by atomic mass is 79.9. The summed E-state index contributed by atoms with van der Waals surface area (Å²) >= 11 is 3.43. The molecular weight excluding hydrogens is 622 g/mol. The molecule has 0 bridgehead atoms. The standard InChI is InChI=1S/C31H36BrN3O6S/c1-22(31(37)33-25-9-7-8-10-25)34(20-23-13-15-24(32)16-14-23)30(36)21-35(42(38,39)27-11-5-4-6-12-27)26-17-18-28(40-2)29(19-26)41-3/h4-6,11-19,22,25H,7-10,20-21H2,1-3H3,(H,33,37)/t22-/m0/s1. The number of carbonyl (C=O) groups is 2. The maximum atomic E-state index is 14.1. The van der Waals surface area contributed by atoms with Crippen molar-refractivity contribution < 1.29 is 27.5 Å². The number of anilines is 1. The van der Waals surface area contributed by atoms with Crippen LogP contribution in [-0.4, -0.2) is 58.0 Å². The first kappa shape index (κ1) is 31.4. The number of amides is 2. The number of benzene rings is 3. The van der Waals surface area contributed by atoms with Gasteiger partial charge in [0.25, 0.3) is 10.0 Å². The molecule has 1 aliphatic carbocycles. The monoisotopic (exact) mass is 657 g/mol. The van der Waals surface area contributed by atoms with E-state index in [9.17, 15) is 18.0 Å². The summed E-state index contributed by atoms with van der Waals surface area (Å²) in [7, 11) is -1.25. The number of halogens is 1. The number of hydrogen-bond donors (Lipinski definition) is 1. The van der Waals surface area contributed by atoms with Crippen LogP contribution in [0.1, 0.15) is 38.2 Å². The number of nitrogens with zero attached hydrogens (tertiary/aromatic N) is 2. The van der Waals surface area contributed by atoms with Gasteiger partial charge in [0.1, 0.15) is 12.6 Å². The van der Waals surface area contributed by atoms with Crippen LogP contribution in [0.5, 0.6) is 11.5 Å². The predicted octanol–water partition coefficient (Wildman–Crippen LogP) is 5.14. The summed E-state index contributed by atoms with van der Waals surface area (Å²) in [6.45, 7) is 1.26. The number of carbonyl (C=O) groups excluding carboxylic acids is 2. The molecule has 1 N–H and O–H groups in total. The van der Waals surface area contributed by atoms with E-state index in [1.165, 1.54) is 37.3 Å². The molecule has 1 fully saturated rings. The van der Waals surface area contributed by atoms with Gasteiger partial charge in [0.15, 0.2) is 11.5 Å². The van der Waals surface area contributed by atoms with Gasteiger partial charge in [-0.2, -0.15) is 0 Å². The molecule has 224 valence electrons. The highest BCUT2D eigenvalue weighted by Crippen LogP contribution is 2.34. The van der Waals surface area contributed by atoms with E-state index >= 15 is 0 Å². The predicted molar refractivity (Wildman–Crippen MR) is 165 cm³/mol. The molecule has 0 aliphatic heterocycles. The molecule has 0 heterocycles. The normalized spacial score (nSPS) is 14.2. The summed E-state index contributed by atoms with van der Waals surface area (Å²) in [4.78, 5) is 28.9. The quantitative estimate of drug-likeness (QED) is 0.289. The van der Waals surface area contributed by atoms with Crippen molar-refractivity contribution in [2.75, 3.05) is 25.1 Å². The van der Waals surface area contributed by atoms with Crippen LogP contribution >= 0.6 is 15.9 Å². The summed E-state index contributed by atoms with van der Waals surface area (Å²) in [5.74, 6) is -0.0670. The van der Waals surface area contributed by atoms with E-state index in [-0.39, 0.29) is 29.1 Å². The Labute approximate surface area is 256 Å². The fourth-order valence-corrected chi connectivity index (χ4v) is 6.68. The Morgan fingerprint density at radius 3 is 2.21 bits per heavy atom. The van der Waals surface area contributed by atoms with Gasteiger partial charge in [-0.1, -0.05) is 59.1 Å². The Bertz CT molecular complexity index is 1480. The highest BCUT2D eigenvalue weighted by molar-refractivity contribution is 9.10. The van der Waals surface area contributed by atoms with E-state index in [1.807, 2.05) is 24.3 Å². The minimum Gasteiger partial charge on any atom is -0.493 e. The first-order valence-corrected chi connectivity index (χ1v) is 16.0. The molecule has 0 aromatic heterocycles. The maximum absolute atomic E-state index is 14.1. The second-order valence-electron chi connectivity index (χ2n) is 10.2. The Hall–Kier alpha value is -3.57. The van der Waals surface area contributed by atoms with Gasteiger partial charge in [0, 0.05) is 23.1 Å². The van der Waals surface area contributed by atoms with Crippen LogP contribution < -0.4 is 19.1 Å². The zero-order valence-electron chi connectivity index (χ0n) is 24.0. The van der Waals surface area contributed by atoms with Crippen molar-refractivity contribution in [3.8, 4) is 11.5 Å². The van der Waals surface area contributed by atoms with Gasteiger partial charge in [0.05, 0.1) is 24.8 Å². The van der Waals surface area contributed by atoms with Crippen LogP contribution in [0.15, 0.2) is 82.2 Å². The van der Waals surface area contributed by atoms with Gasteiger partial charge in [0.2, 0.25) is 11.8 Å². The maximum Gasteiger partial charge on any atom is 0.264 e. The number of rotatable bonds is 12. The van der Waals surface area contributed by atoms with Gasteiger partial charge in [-0.15, -0.1) is 0 Å². The SMILES string of the molecule is COc1ccc(N(CC(=O)N(Cc2ccc(Br)cc2)[C@@H](C)C(=O)NC2CCCC2)S(=O)(=O)c2ccccc2)cc1OC. The molecule has 0 unspecified atom stereocenters. The lowest BCUT2D eigenvalue weighted by Crippen LogP contribution is -2.52. The third-order valence-corrected chi connectivity index (χ3v) is 9.72. The average Bonchev–Trinajstić information content (AvgIpc) is 3.52. The first-order valence-electron chi connectivity index (χ1n) is 13.8. The molecule has 1 atom stereocenters. The third-order valence-electron chi connectivity index (χ3n) is 7.40. The lowest BCUT2D eigenvalue weighted by molar-refractivity contribution is -0.139. The molecule has 11 heteroatoms. The van der Waals surface area contributed by atoms with E-state index in [4.69, 9.17) is 9.47 Å². The molecular formula is C31H36BrN3O6S. The zero-order valence-corrected chi connectivity index (χ0v) is 26.4. The van der Waals surface area contributed by atoms with Gasteiger partial charge in [-0.3, -0.25) is 13.9 Å². The summed E-state index contributed by atoms with van der Waals surface area (Å²) in [6, 6.07) is 19.2. The minimum atomic E-state index is -4.19. The van der Waals surface area contributed by atoms with E-state index in [1.54, 1.807) is 37.3 Å². The first-order chi connectivity index (χ1) is 20.1. The summed E-state index contributed by atoms with van der Waals surface area (Å²) in [6.07, 6.45) is 3.92. The molecule has 1 saturated carbocycles. The van der Waals surface area contributed by atoms with Crippen molar-refractivity contribution in [1.29, 1.82) is 0 Å². The van der Waals surface area contributed by atoms with Crippen molar-refractivity contribution >= 4 is 43.5 Å². The van der Waals surface area contributed by atoms with Crippen LogP contribution in [0.25, 0.3) is 0 Å². The molecule has 3 aromatic rings. The largest absolute Gasteiger partial charge is 0.493 e. The highest BCUT2D eigenvalue weighted by Gasteiger charge is 2.33. The fourth-order valence-electron chi connectivity index (χ4n) is 4.99. The summed E-state index contributed by atoms with van der Waals surface area (Å²) in [5.41, 5.74) is 1.02. The fraction of sp³-hybridized carbons (Fsp3) is 0.355. The molecule has 9 nitrogen and oxygen atoms in total. The number of methoxy groups -OCH3 is 2. The van der Waals surface area contributed by atoms with Gasteiger partial charge in [-0.25, -0.2) is 8.42 Å². The van der Waals surface area contributed by atoms with Crippen molar-refractivity contribution in [2.24, 2.45) is 0 Å². The van der Waals surface area contributed by atoms with Crippen LogP contribution in [0, 0.1) is 0 Å². The van der Waals surface area contributed by atoms with Gasteiger partial charge >= 0.3 is 0 Å². The van der Waals surface area contributed by atoms with E-state index in [0.29, 0.717) is 11.5 Å². The average molecular weight is 659 g/mol. The Morgan fingerprint density at radius 1 is 0.952 bits per heavy atom. The van der Waals surface area contributed by atoms with Crippen LogP contribution in [0.4, 0.5) is 5.69 Å². The molecule has 0 spiro atoms. The summed E-state index contributed by atoms with van der Waals surface area (Å²) < 4.78 is 40.6. The molecule has 42 heavy (non-hydrogen) atoms. The van der Waals surface area contributed by atoms with E-state index in [0.717, 1.165) is 40.0 Å². The number of sulfonamides is 1. The Morgan fingerprint density at radius 2 is 1.60 bits per heavy atom. The van der Waals surface area contributed by atoms with Crippen LogP contribution in [0.2, 0.25) is 0 Å². The lowest BCUT2D eigenvalue weighted by Gasteiger charge is -2.32. The molecule has 0 radical (unpaired) electrons. The Kier molecular flexibility index (Phi) is 10.5. The lowest BCUT2D eigenvalue weighted by atomic mass is 10.1. The Balaban J connectivity index is 1.71. The van der Waals surface area contributed by atoms with Gasteiger partial charge < -0.3 is 19.7 Å². The van der Waals surface area contributed by atoms with Crippen molar-refractivity contribution in [2.45, 2.75) is 56.1 Å². The van der Waals surface area contributed by atoms with Crippen LogP contribution in [-0.2, 0) is 26.2 Å². The topological polar surface area (TPSA) is 105 Å². The second-order valence-corrected chi connectivity index (χ2v) is 13.0. The third kappa shape index (κ3) is 7.43. The second kappa shape index (κ2) is 14.1. The molecule has 4 rings (SSSR count). The van der Waals surface area contributed by atoms with E-state index in [2.05, 4.69) is 21.2 Å². The summed E-state index contributed by atoms with van der Waals surface area (Å²) in [5, 5.41) is 3.08. The van der Waals surface area contributed by atoms with Crippen molar-refractivity contribution in [3.05, 3.63) is 82.8 Å². The van der Waals surface area contributed by atoms with Crippen molar-refractivity contribution in [1.82, 2.24) is 10.2 Å². The van der Waals surface area contributed by atoms with Crippen molar-refractivity contribution in [3.63, 3.8) is 0 Å². The molecule has 1 aliphatic rings. The smallest absolute Gasteiger partial charge is 0.264 e. The van der Waals surface area contributed by atoms with Crippen LogP contribution in [0.3, 0.4) is 0 Å².